The molecule has 4 heteroatoms. The van der Waals surface area contributed by atoms with Crippen LogP contribution >= 0.6 is 0 Å². The van der Waals surface area contributed by atoms with Gasteiger partial charge in [-0.1, -0.05) is 19.9 Å². The second kappa shape index (κ2) is 6.24. The predicted molar refractivity (Wildman–Crippen MR) is 83.8 cm³/mol. The number of fused-ring (bicyclic) bond motifs is 1. The molecule has 116 valence electrons. The standard InChI is InChI=1S/C17H26N2O2/c1-12(2)15-4-3-7-19(15)11-14(18)13-5-6-16-17(10-13)21-9-8-20-16/h5-6,10,12,14-15H,3-4,7-9,11,18H2,1-2H3. The molecule has 4 nitrogen and oxygen atoms in total. The van der Waals surface area contributed by atoms with Crippen molar-refractivity contribution in [2.45, 2.75) is 38.8 Å². The topological polar surface area (TPSA) is 47.7 Å². The van der Waals surface area contributed by atoms with Crippen molar-refractivity contribution in [3.8, 4) is 11.5 Å². The zero-order valence-corrected chi connectivity index (χ0v) is 13.0. The monoisotopic (exact) mass is 290 g/mol. The molecule has 2 aliphatic rings. The first kappa shape index (κ1) is 14.7. The van der Waals surface area contributed by atoms with E-state index in [1.807, 2.05) is 12.1 Å². The highest BCUT2D eigenvalue weighted by Crippen LogP contribution is 2.33. The quantitative estimate of drug-likeness (QED) is 0.926. The van der Waals surface area contributed by atoms with Crippen molar-refractivity contribution in [3.05, 3.63) is 23.8 Å². The minimum atomic E-state index is 0.0279. The van der Waals surface area contributed by atoms with Crippen molar-refractivity contribution < 1.29 is 9.47 Å². The molecule has 1 aromatic rings. The molecule has 2 aliphatic heterocycles. The van der Waals surface area contributed by atoms with E-state index >= 15 is 0 Å². The molecule has 0 spiro atoms. The van der Waals surface area contributed by atoms with Gasteiger partial charge in [0.1, 0.15) is 13.2 Å². The largest absolute Gasteiger partial charge is 0.486 e. The Morgan fingerprint density at radius 2 is 2.00 bits per heavy atom. The molecule has 2 unspecified atom stereocenters. The van der Waals surface area contributed by atoms with Gasteiger partial charge in [0.25, 0.3) is 0 Å². The number of benzene rings is 1. The molecule has 0 saturated carbocycles. The second-order valence-electron chi connectivity index (χ2n) is 6.46. The van der Waals surface area contributed by atoms with Crippen LogP contribution in [0.4, 0.5) is 0 Å². The number of hydrogen-bond donors (Lipinski definition) is 1. The summed E-state index contributed by atoms with van der Waals surface area (Å²) in [5.41, 5.74) is 7.57. The fraction of sp³-hybridized carbons (Fsp3) is 0.647. The third-order valence-electron chi connectivity index (χ3n) is 4.61. The molecule has 1 fully saturated rings. The van der Waals surface area contributed by atoms with Crippen LogP contribution in [0, 0.1) is 5.92 Å². The maximum atomic E-state index is 6.43. The van der Waals surface area contributed by atoms with E-state index in [0.29, 0.717) is 25.2 Å². The Bertz CT molecular complexity index is 490. The lowest BCUT2D eigenvalue weighted by molar-refractivity contribution is 0.170. The van der Waals surface area contributed by atoms with Gasteiger partial charge in [0.15, 0.2) is 11.5 Å². The summed E-state index contributed by atoms with van der Waals surface area (Å²) >= 11 is 0. The van der Waals surface area contributed by atoms with Crippen molar-refractivity contribution >= 4 is 0 Å². The lowest BCUT2D eigenvalue weighted by Gasteiger charge is -2.30. The smallest absolute Gasteiger partial charge is 0.161 e. The summed E-state index contributed by atoms with van der Waals surface area (Å²) < 4.78 is 11.2. The van der Waals surface area contributed by atoms with E-state index in [0.717, 1.165) is 23.6 Å². The van der Waals surface area contributed by atoms with Crippen molar-refractivity contribution in [2.24, 2.45) is 11.7 Å². The molecule has 1 aromatic carbocycles. The Morgan fingerprint density at radius 3 is 2.76 bits per heavy atom. The van der Waals surface area contributed by atoms with Crippen molar-refractivity contribution in [2.75, 3.05) is 26.3 Å². The summed E-state index contributed by atoms with van der Waals surface area (Å²) in [5.74, 6) is 2.36. The highest BCUT2D eigenvalue weighted by atomic mass is 16.6. The van der Waals surface area contributed by atoms with Gasteiger partial charge in [0.2, 0.25) is 0 Å². The zero-order valence-electron chi connectivity index (χ0n) is 13.0. The molecule has 0 aliphatic carbocycles. The number of rotatable bonds is 4. The Balaban J connectivity index is 1.69. The molecule has 0 radical (unpaired) electrons. The average molecular weight is 290 g/mol. The van der Waals surface area contributed by atoms with Gasteiger partial charge in [-0.15, -0.1) is 0 Å². The van der Waals surface area contributed by atoms with Crippen LogP contribution in [0.2, 0.25) is 0 Å². The molecule has 0 bridgehead atoms. The van der Waals surface area contributed by atoms with Crippen LogP contribution in [-0.2, 0) is 0 Å². The predicted octanol–water partition coefficient (Wildman–Crippen LogP) is 2.58. The SMILES string of the molecule is CC(C)C1CCCN1CC(N)c1ccc2c(c1)OCCO2. The van der Waals surface area contributed by atoms with Crippen LogP contribution in [0.15, 0.2) is 18.2 Å². The molecule has 2 heterocycles. The Hall–Kier alpha value is -1.26. The number of likely N-dealkylation sites (tertiary alicyclic amines) is 1. The fourth-order valence-corrected chi connectivity index (χ4v) is 3.48. The lowest BCUT2D eigenvalue weighted by Crippen LogP contribution is -2.38. The minimum Gasteiger partial charge on any atom is -0.486 e. The maximum absolute atomic E-state index is 6.43. The first-order valence-electron chi connectivity index (χ1n) is 8.04. The fourth-order valence-electron chi connectivity index (χ4n) is 3.48. The van der Waals surface area contributed by atoms with E-state index in [9.17, 15) is 0 Å². The summed E-state index contributed by atoms with van der Waals surface area (Å²) in [6, 6.07) is 6.79. The summed E-state index contributed by atoms with van der Waals surface area (Å²) in [5, 5.41) is 0. The molecule has 1 saturated heterocycles. The van der Waals surface area contributed by atoms with Gasteiger partial charge in [-0.05, 0) is 43.0 Å². The van der Waals surface area contributed by atoms with Crippen LogP contribution in [0.3, 0.4) is 0 Å². The Morgan fingerprint density at radius 1 is 1.24 bits per heavy atom. The van der Waals surface area contributed by atoms with E-state index in [1.54, 1.807) is 0 Å². The summed E-state index contributed by atoms with van der Waals surface area (Å²) in [7, 11) is 0. The first-order valence-corrected chi connectivity index (χ1v) is 8.04. The van der Waals surface area contributed by atoms with E-state index < -0.39 is 0 Å². The third kappa shape index (κ3) is 3.16. The number of ether oxygens (including phenoxy) is 2. The van der Waals surface area contributed by atoms with Crippen molar-refractivity contribution in [1.82, 2.24) is 4.90 Å². The van der Waals surface area contributed by atoms with Gasteiger partial charge in [-0.25, -0.2) is 0 Å². The van der Waals surface area contributed by atoms with E-state index in [1.165, 1.54) is 19.4 Å². The maximum Gasteiger partial charge on any atom is 0.161 e. The van der Waals surface area contributed by atoms with Gasteiger partial charge in [-0.3, -0.25) is 4.90 Å². The molecule has 0 amide bonds. The average Bonchev–Trinajstić information content (AvgIpc) is 2.95. The normalized spacial score (nSPS) is 23.5. The first-order chi connectivity index (χ1) is 10.1. The molecule has 2 atom stereocenters. The van der Waals surface area contributed by atoms with Crippen LogP contribution in [0.25, 0.3) is 0 Å². The van der Waals surface area contributed by atoms with Gasteiger partial charge in [0, 0.05) is 18.6 Å². The van der Waals surface area contributed by atoms with E-state index in [-0.39, 0.29) is 6.04 Å². The molecule has 3 rings (SSSR count). The van der Waals surface area contributed by atoms with Gasteiger partial charge in [0.05, 0.1) is 0 Å². The van der Waals surface area contributed by atoms with Gasteiger partial charge in [-0.2, -0.15) is 0 Å². The summed E-state index contributed by atoms with van der Waals surface area (Å²) in [4.78, 5) is 2.55. The molecule has 2 N–H and O–H groups in total. The van der Waals surface area contributed by atoms with Gasteiger partial charge >= 0.3 is 0 Å². The number of hydrogen-bond acceptors (Lipinski definition) is 4. The molecular weight excluding hydrogens is 264 g/mol. The summed E-state index contributed by atoms with van der Waals surface area (Å²) in [6.07, 6.45) is 2.59. The number of nitrogens with two attached hydrogens (primary N) is 1. The van der Waals surface area contributed by atoms with Crippen LogP contribution < -0.4 is 15.2 Å². The Labute approximate surface area is 127 Å². The highest BCUT2D eigenvalue weighted by Gasteiger charge is 2.28. The second-order valence-corrected chi connectivity index (χ2v) is 6.46. The van der Waals surface area contributed by atoms with Crippen molar-refractivity contribution in [3.63, 3.8) is 0 Å². The van der Waals surface area contributed by atoms with Crippen LogP contribution in [0.5, 0.6) is 11.5 Å². The zero-order chi connectivity index (χ0) is 14.8. The van der Waals surface area contributed by atoms with Crippen LogP contribution in [0.1, 0.15) is 38.3 Å². The number of nitrogens with zero attached hydrogens (tertiary/aromatic N) is 1. The summed E-state index contributed by atoms with van der Waals surface area (Å²) in [6.45, 7) is 7.94. The third-order valence-corrected chi connectivity index (χ3v) is 4.61. The van der Waals surface area contributed by atoms with E-state index in [4.69, 9.17) is 15.2 Å². The highest BCUT2D eigenvalue weighted by molar-refractivity contribution is 5.44. The molecule has 0 aromatic heterocycles. The molecule has 21 heavy (non-hydrogen) atoms. The Kier molecular flexibility index (Phi) is 4.36. The lowest BCUT2D eigenvalue weighted by atomic mass is 10.0. The van der Waals surface area contributed by atoms with Gasteiger partial charge < -0.3 is 15.2 Å². The van der Waals surface area contributed by atoms with Crippen LogP contribution in [-0.4, -0.2) is 37.2 Å². The van der Waals surface area contributed by atoms with E-state index in [2.05, 4.69) is 24.8 Å². The van der Waals surface area contributed by atoms with Crippen molar-refractivity contribution in [1.29, 1.82) is 0 Å². The minimum absolute atomic E-state index is 0.0279. The molecular formula is C17H26N2O2.